The summed E-state index contributed by atoms with van der Waals surface area (Å²) in [6.07, 6.45) is 3.02. The number of para-hydroxylation sites is 1. The maximum atomic E-state index is 13.8. The number of halogens is 1. The minimum Gasteiger partial charge on any atom is -0.348 e. The molecule has 1 aromatic heterocycles. The van der Waals surface area contributed by atoms with Gasteiger partial charge in [0.1, 0.15) is 18.5 Å². The number of carbonyl (C=O) groups excluding carboxylic acids is 1. The molecule has 0 bridgehead atoms. The predicted octanol–water partition coefficient (Wildman–Crippen LogP) is 3.14. The second kappa shape index (κ2) is 8.98. The number of benzene rings is 3. The summed E-state index contributed by atoms with van der Waals surface area (Å²) in [5.41, 5.74) is 1.68. The SMILES string of the molecule is O=C(NCc1ccc(-n2cncn2)cc1)c1cccc(S(=O)(=O)Nc2ccccc2F)c1. The van der Waals surface area contributed by atoms with Gasteiger partial charge in [0.05, 0.1) is 16.3 Å². The van der Waals surface area contributed by atoms with Gasteiger partial charge in [-0.05, 0) is 48.0 Å². The monoisotopic (exact) mass is 451 g/mol. The first kappa shape index (κ1) is 21.2. The van der Waals surface area contributed by atoms with E-state index in [1.165, 1.54) is 48.8 Å². The second-order valence-electron chi connectivity index (χ2n) is 6.80. The van der Waals surface area contributed by atoms with E-state index < -0.39 is 21.7 Å². The Kier molecular flexibility index (Phi) is 5.95. The van der Waals surface area contributed by atoms with Crippen molar-refractivity contribution in [3.05, 3.63) is 102 Å². The molecule has 0 saturated heterocycles. The molecule has 1 heterocycles. The molecule has 3 aromatic carbocycles. The fourth-order valence-electron chi connectivity index (χ4n) is 2.94. The number of amides is 1. The number of hydrogen-bond acceptors (Lipinski definition) is 5. The summed E-state index contributed by atoms with van der Waals surface area (Å²) in [6.45, 7) is 0.251. The maximum absolute atomic E-state index is 13.8. The first-order valence-corrected chi connectivity index (χ1v) is 11.0. The maximum Gasteiger partial charge on any atom is 0.262 e. The third-order valence-electron chi connectivity index (χ3n) is 4.60. The molecule has 8 nitrogen and oxygen atoms in total. The van der Waals surface area contributed by atoms with E-state index in [4.69, 9.17) is 0 Å². The molecule has 0 radical (unpaired) electrons. The normalized spacial score (nSPS) is 11.2. The van der Waals surface area contributed by atoms with Crippen LogP contribution < -0.4 is 10.0 Å². The molecular formula is C22H18FN5O3S. The van der Waals surface area contributed by atoms with Crippen LogP contribution in [-0.2, 0) is 16.6 Å². The summed E-state index contributed by atoms with van der Waals surface area (Å²) in [6, 6.07) is 18.4. The molecule has 0 fully saturated rings. The summed E-state index contributed by atoms with van der Waals surface area (Å²) >= 11 is 0. The Morgan fingerprint density at radius 1 is 1.00 bits per heavy atom. The van der Waals surface area contributed by atoms with Crippen molar-refractivity contribution >= 4 is 21.6 Å². The summed E-state index contributed by atoms with van der Waals surface area (Å²) in [7, 11) is -4.07. The highest BCUT2D eigenvalue weighted by molar-refractivity contribution is 7.92. The van der Waals surface area contributed by atoms with Gasteiger partial charge in [-0.3, -0.25) is 9.52 Å². The van der Waals surface area contributed by atoms with Crippen LogP contribution in [0, 0.1) is 5.82 Å². The van der Waals surface area contributed by atoms with Crippen LogP contribution in [0.15, 0.2) is 90.3 Å². The van der Waals surface area contributed by atoms with Gasteiger partial charge in [-0.15, -0.1) is 0 Å². The number of aromatic nitrogens is 3. The molecule has 0 atom stereocenters. The third kappa shape index (κ3) is 4.81. The minimum absolute atomic E-state index is 0.148. The molecule has 4 aromatic rings. The lowest BCUT2D eigenvalue weighted by Gasteiger charge is -2.11. The van der Waals surface area contributed by atoms with Crippen LogP contribution in [0.2, 0.25) is 0 Å². The van der Waals surface area contributed by atoms with Crippen LogP contribution in [0.25, 0.3) is 5.69 Å². The molecule has 0 spiro atoms. The zero-order valence-corrected chi connectivity index (χ0v) is 17.5. The van der Waals surface area contributed by atoms with Gasteiger partial charge in [-0.1, -0.05) is 30.3 Å². The molecule has 10 heteroatoms. The lowest BCUT2D eigenvalue weighted by atomic mass is 10.2. The van der Waals surface area contributed by atoms with Crippen LogP contribution in [0.3, 0.4) is 0 Å². The molecule has 162 valence electrons. The predicted molar refractivity (Wildman–Crippen MR) is 116 cm³/mol. The topological polar surface area (TPSA) is 106 Å². The van der Waals surface area contributed by atoms with Crippen molar-refractivity contribution in [3.63, 3.8) is 0 Å². The van der Waals surface area contributed by atoms with E-state index in [0.29, 0.717) is 0 Å². The van der Waals surface area contributed by atoms with Gasteiger partial charge in [0.2, 0.25) is 0 Å². The van der Waals surface area contributed by atoms with Gasteiger partial charge in [-0.25, -0.2) is 22.5 Å². The van der Waals surface area contributed by atoms with Gasteiger partial charge < -0.3 is 5.32 Å². The van der Waals surface area contributed by atoms with Crippen molar-refractivity contribution in [2.24, 2.45) is 0 Å². The highest BCUT2D eigenvalue weighted by Gasteiger charge is 2.18. The minimum atomic E-state index is -4.07. The van der Waals surface area contributed by atoms with Crippen LogP contribution in [0.1, 0.15) is 15.9 Å². The molecule has 0 saturated carbocycles. The standard InChI is InChI=1S/C22H18FN5O3S/c23-20-6-1-2-7-21(20)27-32(30,31)19-5-3-4-17(12-19)22(29)25-13-16-8-10-18(11-9-16)28-15-24-14-26-28/h1-12,14-15,27H,13H2,(H,25,29). The number of hydrogen-bond donors (Lipinski definition) is 2. The molecule has 4 rings (SSSR count). The fraction of sp³-hybridized carbons (Fsp3) is 0.0455. The van der Waals surface area contributed by atoms with E-state index >= 15 is 0 Å². The van der Waals surface area contributed by atoms with Crippen LogP contribution >= 0.6 is 0 Å². The smallest absolute Gasteiger partial charge is 0.262 e. The van der Waals surface area contributed by atoms with Gasteiger partial charge in [0.15, 0.2) is 0 Å². The van der Waals surface area contributed by atoms with Gasteiger partial charge in [0.25, 0.3) is 15.9 Å². The number of rotatable bonds is 7. The average Bonchev–Trinajstić information content (AvgIpc) is 3.34. The van der Waals surface area contributed by atoms with Crippen molar-refractivity contribution in [1.29, 1.82) is 0 Å². The quantitative estimate of drug-likeness (QED) is 0.449. The first-order valence-electron chi connectivity index (χ1n) is 9.52. The Bertz CT molecular complexity index is 1340. The molecule has 1 amide bonds. The van der Waals surface area contributed by atoms with Crippen molar-refractivity contribution in [2.45, 2.75) is 11.4 Å². The Morgan fingerprint density at radius 3 is 2.50 bits per heavy atom. The van der Waals surface area contributed by atoms with Gasteiger partial charge in [-0.2, -0.15) is 5.10 Å². The summed E-state index contributed by atoms with van der Waals surface area (Å²) < 4.78 is 42.9. The average molecular weight is 451 g/mol. The van der Waals surface area contributed by atoms with E-state index in [-0.39, 0.29) is 22.7 Å². The molecule has 0 aliphatic rings. The van der Waals surface area contributed by atoms with E-state index in [0.717, 1.165) is 17.3 Å². The number of nitrogens with one attached hydrogen (secondary N) is 2. The lowest BCUT2D eigenvalue weighted by molar-refractivity contribution is 0.0950. The van der Waals surface area contributed by atoms with E-state index in [2.05, 4.69) is 20.1 Å². The first-order chi connectivity index (χ1) is 15.4. The largest absolute Gasteiger partial charge is 0.348 e. The van der Waals surface area contributed by atoms with Crippen LogP contribution in [-0.4, -0.2) is 29.1 Å². The summed E-state index contributed by atoms with van der Waals surface area (Å²) in [4.78, 5) is 16.3. The molecular weight excluding hydrogens is 433 g/mol. The molecule has 32 heavy (non-hydrogen) atoms. The number of sulfonamides is 1. The second-order valence-corrected chi connectivity index (χ2v) is 8.48. The molecule has 2 N–H and O–H groups in total. The number of carbonyl (C=O) groups is 1. The molecule has 0 unspecified atom stereocenters. The zero-order chi connectivity index (χ0) is 22.6. The highest BCUT2D eigenvalue weighted by atomic mass is 32.2. The van der Waals surface area contributed by atoms with E-state index in [1.807, 2.05) is 24.3 Å². The van der Waals surface area contributed by atoms with Crippen LogP contribution in [0.4, 0.5) is 10.1 Å². The fourth-order valence-corrected chi connectivity index (χ4v) is 4.06. The van der Waals surface area contributed by atoms with E-state index in [9.17, 15) is 17.6 Å². The van der Waals surface area contributed by atoms with Crippen molar-refractivity contribution in [1.82, 2.24) is 20.1 Å². The summed E-state index contributed by atoms with van der Waals surface area (Å²) in [5.74, 6) is -1.13. The molecule has 0 aliphatic carbocycles. The zero-order valence-electron chi connectivity index (χ0n) is 16.6. The van der Waals surface area contributed by atoms with Gasteiger partial charge >= 0.3 is 0 Å². The van der Waals surface area contributed by atoms with Crippen molar-refractivity contribution in [3.8, 4) is 5.69 Å². The van der Waals surface area contributed by atoms with Crippen molar-refractivity contribution < 1.29 is 17.6 Å². The molecule has 0 aliphatic heterocycles. The Hall–Kier alpha value is -4.05. The number of nitrogens with zero attached hydrogens (tertiary/aromatic N) is 3. The third-order valence-corrected chi connectivity index (χ3v) is 5.96. The lowest BCUT2D eigenvalue weighted by Crippen LogP contribution is -2.23. The van der Waals surface area contributed by atoms with Gasteiger partial charge in [0, 0.05) is 12.1 Å². The Labute approximate surface area is 183 Å². The number of anilines is 1. The van der Waals surface area contributed by atoms with Crippen LogP contribution in [0.5, 0.6) is 0 Å². The van der Waals surface area contributed by atoms with Crippen molar-refractivity contribution in [2.75, 3.05) is 4.72 Å². The summed E-state index contributed by atoms with van der Waals surface area (Å²) in [5, 5.41) is 6.81. The highest BCUT2D eigenvalue weighted by Crippen LogP contribution is 2.19. The Morgan fingerprint density at radius 2 is 1.78 bits per heavy atom. The van der Waals surface area contributed by atoms with E-state index in [1.54, 1.807) is 11.0 Å². The Balaban J connectivity index is 1.43.